The van der Waals surface area contributed by atoms with Gasteiger partial charge in [0.05, 0.1) is 6.54 Å². The van der Waals surface area contributed by atoms with E-state index in [-0.39, 0.29) is 31.2 Å². The molecule has 49 heavy (non-hydrogen) atoms. The maximum atomic E-state index is 14.1. The van der Waals surface area contributed by atoms with Gasteiger partial charge in [-0.3, -0.25) is 19.1 Å². The summed E-state index contributed by atoms with van der Waals surface area (Å²) < 4.78 is 38.9. The zero-order valence-electron chi connectivity index (χ0n) is 27.5. The number of allylic oxidation sites excluding steroid dienone is 2. The number of alkyl carbamates (subject to hydrolysis) is 1. The fourth-order valence-corrected chi connectivity index (χ4v) is 7.87. The third-order valence-electron chi connectivity index (χ3n) is 10.1. The number of carbonyl (C=O) groups is 5. The summed E-state index contributed by atoms with van der Waals surface area (Å²) in [5.74, 6) is -1.70. The molecule has 0 aromatic heterocycles. The summed E-state index contributed by atoms with van der Waals surface area (Å²) >= 11 is 1.36. The first-order valence-electron chi connectivity index (χ1n) is 17.4. The maximum absolute atomic E-state index is 14.1. The van der Waals surface area contributed by atoms with Gasteiger partial charge in [-0.1, -0.05) is 42.7 Å². The Bertz CT molecular complexity index is 1400. The Balaban J connectivity index is 1.21. The van der Waals surface area contributed by atoms with Crippen molar-refractivity contribution >= 4 is 41.9 Å². The molecule has 3 aliphatic carbocycles. The lowest BCUT2D eigenvalue weighted by Crippen LogP contribution is -2.57. The monoisotopic (exact) mass is 705 g/mol. The summed E-state index contributed by atoms with van der Waals surface area (Å²) in [5.41, 5.74) is 1.27. The van der Waals surface area contributed by atoms with Crippen LogP contribution in [-0.4, -0.2) is 101 Å². The molecule has 6 rings (SSSR count). The van der Waals surface area contributed by atoms with Crippen LogP contribution in [0.4, 0.5) is 18.4 Å². The summed E-state index contributed by atoms with van der Waals surface area (Å²) in [6, 6.07) is -2.28. The zero-order valence-corrected chi connectivity index (χ0v) is 28.3. The Kier molecular flexibility index (Phi) is 11.1. The van der Waals surface area contributed by atoms with Crippen molar-refractivity contribution in [1.29, 1.82) is 0 Å². The van der Waals surface area contributed by atoms with E-state index in [2.05, 4.69) is 26.2 Å². The second-order valence-corrected chi connectivity index (χ2v) is 14.9. The van der Waals surface area contributed by atoms with Crippen molar-refractivity contribution in [1.82, 2.24) is 25.2 Å². The Morgan fingerprint density at radius 2 is 1.92 bits per heavy atom. The van der Waals surface area contributed by atoms with Crippen molar-refractivity contribution in [3.8, 4) is 0 Å². The molecular weight excluding hydrogens is 660 g/mol. The smallest absolute Gasteiger partial charge is 0.410 e. The lowest BCUT2D eigenvalue weighted by molar-refractivity contribution is -0.141. The molecule has 0 aromatic carbocycles. The second-order valence-electron chi connectivity index (χ2n) is 13.8. The molecule has 15 heteroatoms. The number of nitrogens with zero attached hydrogens (tertiary/aromatic N) is 2. The minimum Gasteiger partial charge on any atom is -0.444 e. The molecule has 2 saturated carbocycles. The SMILES string of the molecule is O=C(N[C@H]1CCCCC/C=C\[C@@H]2C[C@@]2(C(=O)NSC2CC2)NC(=O)[C@@H]2C[C@@H](OC(=O)N3CCC4=C(C=CCC4)C3)CN2C1=O)OCC(F)F. The predicted molar refractivity (Wildman–Crippen MR) is 176 cm³/mol. The van der Waals surface area contributed by atoms with Gasteiger partial charge in [-0.2, -0.15) is 0 Å². The van der Waals surface area contributed by atoms with Crippen LogP contribution in [0.1, 0.15) is 77.0 Å². The van der Waals surface area contributed by atoms with E-state index >= 15 is 0 Å². The van der Waals surface area contributed by atoms with E-state index in [1.54, 1.807) is 4.90 Å². The molecule has 3 aliphatic heterocycles. The molecule has 3 fully saturated rings. The van der Waals surface area contributed by atoms with Crippen LogP contribution < -0.4 is 15.4 Å². The molecule has 3 N–H and O–H groups in total. The highest BCUT2D eigenvalue weighted by atomic mass is 32.2. The average Bonchev–Trinajstić information content (AvgIpc) is 4.01. The van der Waals surface area contributed by atoms with Crippen molar-refractivity contribution in [3.63, 3.8) is 0 Å². The van der Waals surface area contributed by atoms with E-state index in [0.29, 0.717) is 31.2 Å². The van der Waals surface area contributed by atoms with Gasteiger partial charge in [0.2, 0.25) is 11.8 Å². The van der Waals surface area contributed by atoms with Crippen molar-refractivity contribution in [2.45, 2.75) is 112 Å². The van der Waals surface area contributed by atoms with Gasteiger partial charge in [-0.05, 0) is 75.3 Å². The topological polar surface area (TPSA) is 146 Å². The predicted octanol–water partition coefficient (Wildman–Crippen LogP) is 4.13. The van der Waals surface area contributed by atoms with Gasteiger partial charge in [-0.25, -0.2) is 18.4 Å². The van der Waals surface area contributed by atoms with Crippen molar-refractivity contribution < 1.29 is 42.2 Å². The number of halogens is 2. The molecule has 6 aliphatic rings. The Hall–Kier alpha value is -3.62. The van der Waals surface area contributed by atoms with Crippen LogP contribution in [0.25, 0.3) is 0 Å². The van der Waals surface area contributed by atoms with Crippen LogP contribution in [0.5, 0.6) is 0 Å². The maximum Gasteiger partial charge on any atom is 0.410 e. The highest BCUT2D eigenvalue weighted by Crippen LogP contribution is 2.46. The molecule has 0 unspecified atom stereocenters. The molecule has 268 valence electrons. The molecule has 1 saturated heterocycles. The van der Waals surface area contributed by atoms with E-state index < -0.39 is 60.8 Å². The number of amides is 5. The summed E-state index contributed by atoms with van der Waals surface area (Å²) in [4.78, 5) is 70.4. The molecule has 3 heterocycles. The highest BCUT2D eigenvalue weighted by molar-refractivity contribution is 7.98. The Morgan fingerprint density at radius 3 is 2.71 bits per heavy atom. The second kappa shape index (κ2) is 15.5. The summed E-state index contributed by atoms with van der Waals surface area (Å²) in [6.07, 6.45) is 10.8. The number of nitrogens with one attached hydrogen (secondary N) is 3. The number of hydrogen-bond donors (Lipinski definition) is 3. The fraction of sp³-hybridized carbons (Fsp3) is 0.676. The average molecular weight is 706 g/mol. The largest absolute Gasteiger partial charge is 0.444 e. The van der Waals surface area contributed by atoms with Gasteiger partial charge < -0.3 is 29.9 Å². The Labute approximate surface area is 288 Å². The molecular formula is C34H45F2N5O7S. The van der Waals surface area contributed by atoms with Gasteiger partial charge in [0, 0.05) is 30.7 Å². The van der Waals surface area contributed by atoms with Crippen molar-refractivity contribution in [3.05, 3.63) is 35.5 Å². The first-order valence-corrected chi connectivity index (χ1v) is 18.3. The number of alkyl halides is 2. The third-order valence-corrected chi connectivity index (χ3v) is 11.2. The van der Waals surface area contributed by atoms with E-state index in [4.69, 9.17) is 4.74 Å². The van der Waals surface area contributed by atoms with Crippen molar-refractivity contribution in [2.24, 2.45) is 5.92 Å². The first-order chi connectivity index (χ1) is 23.6. The summed E-state index contributed by atoms with van der Waals surface area (Å²) in [6.45, 7) is -0.319. The molecule has 0 radical (unpaired) electrons. The molecule has 0 bridgehead atoms. The number of hydrogen-bond acceptors (Lipinski definition) is 8. The molecule has 5 atom stereocenters. The minimum absolute atomic E-state index is 0.0113. The molecule has 12 nitrogen and oxygen atoms in total. The van der Waals surface area contributed by atoms with Crippen LogP contribution in [0, 0.1) is 5.92 Å². The van der Waals surface area contributed by atoms with Crippen LogP contribution in [0.3, 0.4) is 0 Å². The normalized spacial score (nSPS) is 31.0. The van der Waals surface area contributed by atoms with E-state index in [1.165, 1.54) is 22.4 Å². The lowest BCUT2D eigenvalue weighted by atomic mass is 9.92. The molecule has 0 aromatic rings. The summed E-state index contributed by atoms with van der Waals surface area (Å²) in [5, 5.41) is 5.75. The lowest BCUT2D eigenvalue weighted by Gasteiger charge is -2.31. The quantitative estimate of drug-likeness (QED) is 0.265. The van der Waals surface area contributed by atoms with Crippen LogP contribution in [-0.2, 0) is 23.9 Å². The van der Waals surface area contributed by atoms with Crippen LogP contribution >= 0.6 is 11.9 Å². The number of rotatable bonds is 7. The van der Waals surface area contributed by atoms with Crippen molar-refractivity contribution in [2.75, 3.05) is 26.2 Å². The van der Waals surface area contributed by atoms with E-state index in [1.807, 2.05) is 18.2 Å². The fourth-order valence-electron chi connectivity index (χ4n) is 7.04. The number of fused-ring (bicyclic) bond motifs is 2. The minimum atomic E-state index is -2.88. The van der Waals surface area contributed by atoms with Crippen LogP contribution in [0.15, 0.2) is 35.5 Å². The first kappa shape index (κ1) is 35.2. The molecule has 5 amide bonds. The van der Waals surface area contributed by atoms with E-state index in [9.17, 15) is 32.8 Å². The number of ether oxygens (including phenoxy) is 2. The van der Waals surface area contributed by atoms with Gasteiger partial charge in [0.1, 0.15) is 23.7 Å². The number of carbonyl (C=O) groups excluding carboxylic acids is 5. The Morgan fingerprint density at radius 1 is 1.08 bits per heavy atom. The van der Waals surface area contributed by atoms with Gasteiger partial charge in [-0.15, -0.1) is 0 Å². The standard InChI is InChI=1S/C34H45F2N5O7S/c35-28(36)20-47-32(45)37-26-11-5-3-1-2-4-10-23-17-34(23,31(44)39-49-25-12-13-25)38-29(42)27-16-24(19-41(27)30(26)43)48-33(46)40-15-14-21-8-6-7-9-22(21)18-40/h4,7,9-10,23-28H,1-3,5-6,8,11-20H2,(H,37,45)(H,38,42)(H,39,44)/b10-4-/t23-,24-,26+,27+,34-/m1/s1. The summed E-state index contributed by atoms with van der Waals surface area (Å²) in [7, 11) is 0. The zero-order chi connectivity index (χ0) is 34.5. The van der Waals surface area contributed by atoms with Crippen LogP contribution in [0.2, 0.25) is 0 Å². The van der Waals surface area contributed by atoms with Gasteiger partial charge >= 0.3 is 12.2 Å². The van der Waals surface area contributed by atoms with E-state index in [0.717, 1.165) is 56.9 Å². The van der Waals surface area contributed by atoms with Gasteiger partial charge in [0.25, 0.3) is 12.3 Å². The third kappa shape index (κ3) is 8.76. The molecule has 0 spiro atoms. The highest BCUT2D eigenvalue weighted by Gasteiger charge is 2.61. The van der Waals surface area contributed by atoms with Gasteiger partial charge in [0.15, 0.2) is 6.61 Å².